The lowest BCUT2D eigenvalue weighted by Crippen LogP contribution is -2.02. The molecular weight excluding hydrogens is 282 g/mol. The van der Waals surface area contributed by atoms with E-state index in [4.69, 9.17) is 5.73 Å². The first-order valence-corrected chi connectivity index (χ1v) is 7.68. The second-order valence-corrected chi connectivity index (χ2v) is 5.81. The molecule has 0 spiro atoms. The zero-order chi connectivity index (χ0) is 15.8. The van der Waals surface area contributed by atoms with Crippen molar-refractivity contribution in [3.63, 3.8) is 0 Å². The summed E-state index contributed by atoms with van der Waals surface area (Å²) in [6, 6.07) is 26.0. The van der Waals surface area contributed by atoms with Gasteiger partial charge >= 0.3 is 0 Å². The third-order valence-electron chi connectivity index (χ3n) is 4.32. The van der Waals surface area contributed by atoms with Crippen LogP contribution in [0.1, 0.15) is 17.2 Å². The van der Waals surface area contributed by atoms with Crippen molar-refractivity contribution in [3.8, 4) is 0 Å². The first-order chi connectivity index (χ1) is 11.2. The number of rotatable bonds is 2. The molecule has 1 unspecified atom stereocenters. The van der Waals surface area contributed by atoms with Crippen LogP contribution in [-0.2, 0) is 0 Å². The predicted octanol–water partition coefficient (Wildman–Crippen LogP) is 4.66. The molecule has 23 heavy (non-hydrogen) atoms. The van der Waals surface area contributed by atoms with Gasteiger partial charge in [-0.05, 0) is 50.9 Å². The van der Waals surface area contributed by atoms with Gasteiger partial charge in [0.25, 0.3) is 0 Å². The fraction of sp³-hybridized carbons (Fsp3) is 0.0476. The molecule has 0 saturated carbocycles. The summed E-state index contributed by atoms with van der Waals surface area (Å²) >= 11 is 0. The van der Waals surface area contributed by atoms with Crippen LogP contribution in [0.5, 0.6) is 0 Å². The number of hydrogen-bond donors (Lipinski definition) is 2. The van der Waals surface area contributed by atoms with Gasteiger partial charge in [0.2, 0.25) is 0 Å². The molecule has 0 fully saturated rings. The standard InChI is InChI=1S/C21H17NO/c22-16-8-5-7-15(12-16)21(23)20-13-14-6-1-2-9-17(14)18-10-3-4-11-19(18)20/h1-13,21,23H,22H2. The molecule has 3 N–H and O–H groups in total. The van der Waals surface area contributed by atoms with E-state index in [-0.39, 0.29) is 0 Å². The molecule has 0 saturated heterocycles. The first-order valence-electron chi connectivity index (χ1n) is 7.68. The topological polar surface area (TPSA) is 46.2 Å². The van der Waals surface area contributed by atoms with E-state index < -0.39 is 6.10 Å². The van der Waals surface area contributed by atoms with E-state index in [2.05, 4.69) is 30.3 Å². The van der Waals surface area contributed by atoms with Crippen LogP contribution < -0.4 is 5.73 Å². The van der Waals surface area contributed by atoms with Gasteiger partial charge in [0, 0.05) is 5.69 Å². The Labute approximate surface area is 134 Å². The third-order valence-corrected chi connectivity index (χ3v) is 4.32. The van der Waals surface area contributed by atoms with E-state index >= 15 is 0 Å². The van der Waals surface area contributed by atoms with Crippen molar-refractivity contribution in [1.82, 2.24) is 0 Å². The molecule has 0 amide bonds. The predicted molar refractivity (Wildman–Crippen MR) is 96.4 cm³/mol. The average molecular weight is 299 g/mol. The van der Waals surface area contributed by atoms with Crippen LogP contribution >= 0.6 is 0 Å². The molecule has 0 radical (unpaired) electrons. The molecule has 4 rings (SSSR count). The fourth-order valence-corrected chi connectivity index (χ4v) is 3.22. The smallest absolute Gasteiger partial charge is 0.105 e. The van der Waals surface area contributed by atoms with Crippen molar-refractivity contribution in [2.45, 2.75) is 6.10 Å². The number of hydrogen-bond acceptors (Lipinski definition) is 2. The highest BCUT2D eigenvalue weighted by atomic mass is 16.3. The lowest BCUT2D eigenvalue weighted by Gasteiger charge is -2.16. The molecule has 0 aliphatic carbocycles. The van der Waals surface area contributed by atoms with E-state index in [0.29, 0.717) is 5.69 Å². The van der Waals surface area contributed by atoms with Crippen LogP contribution in [0.25, 0.3) is 21.5 Å². The van der Waals surface area contributed by atoms with Gasteiger partial charge in [0.05, 0.1) is 0 Å². The van der Waals surface area contributed by atoms with Gasteiger partial charge in [0.15, 0.2) is 0 Å². The molecule has 0 heterocycles. The van der Waals surface area contributed by atoms with Crippen LogP contribution in [0.3, 0.4) is 0 Å². The van der Waals surface area contributed by atoms with Crippen LogP contribution in [-0.4, -0.2) is 5.11 Å². The fourth-order valence-electron chi connectivity index (χ4n) is 3.22. The molecule has 0 aliphatic rings. The van der Waals surface area contributed by atoms with Crippen LogP contribution in [0.4, 0.5) is 5.69 Å². The SMILES string of the molecule is Nc1cccc(C(O)c2cc3ccccc3c3ccccc23)c1. The minimum Gasteiger partial charge on any atom is -0.399 e. The quantitative estimate of drug-likeness (QED) is 0.418. The van der Waals surface area contributed by atoms with Crippen molar-refractivity contribution in [1.29, 1.82) is 0 Å². The lowest BCUT2D eigenvalue weighted by molar-refractivity contribution is 0.222. The zero-order valence-electron chi connectivity index (χ0n) is 12.6. The lowest BCUT2D eigenvalue weighted by atomic mass is 9.92. The summed E-state index contributed by atoms with van der Waals surface area (Å²) in [4.78, 5) is 0. The maximum atomic E-state index is 10.9. The molecule has 4 aromatic carbocycles. The van der Waals surface area contributed by atoms with Gasteiger partial charge < -0.3 is 10.8 Å². The zero-order valence-corrected chi connectivity index (χ0v) is 12.6. The molecule has 0 aliphatic heterocycles. The highest BCUT2D eigenvalue weighted by Crippen LogP contribution is 2.34. The summed E-state index contributed by atoms with van der Waals surface area (Å²) in [5.41, 5.74) is 8.24. The monoisotopic (exact) mass is 299 g/mol. The summed E-state index contributed by atoms with van der Waals surface area (Å²) in [5.74, 6) is 0. The second-order valence-electron chi connectivity index (χ2n) is 5.81. The van der Waals surface area contributed by atoms with Gasteiger partial charge in [-0.2, -0.15) is 0 Å². The molecule has 112 valence electrons. The highest BCUT2D eigenvalue weighted by molar-refractivity contribution is 6.09. The molecule has 2 nitrogen and oxygen atoms in total. The third kappa shape index (κ3) is 2.33. The second kappa shape index (κ2) is 5.41. The summed E-state index contributed by atoms with van der Waals surface area (Å²) in [7, 11) is 0. The maximum absolute atomic E-state index is 10.9. The summed E-state index contributed by atoms with van der Waals surface area (Å²) in [6.45, 7) is 0. The summed E-state index contributed by atoms with van der Waals surface area (Å²) in [5, 5.41) is 15.5. The van der Waals surface area contributed by atoms with Crippen LogP contribution in [0.15, 0.2) is 78.9 Å². The number of aliphatic hydroxyl groups is 1. The largest absolute Gasteiger partial charge is 0.399 e. The van der Waals surface area contributed by atoms with Crippen LogP contribution in [0, 0.1) is 0 Å². The Balaban J connectivity index is 2.01. The molecular formula is C21H17NO. The number of anilines is 1. The number of benzene rings is 4. The van der Waals surface area contributed by atoms with Gasteiger partial charge in [-0.25, -0.2) is 0 Å². The Hall–Kier alpha value is -2.84. The molecule has 4 aromatic rings. The molecule has 1 atom stereocenters. The number of aliphatic hydroxyl groups excluding tert-OH is 1. The van der Waals surface area contributed by atoms with E-state index in [1.807, 2.05) is 48.5 Å². The Morgan fingerprint density at radius 1 is 0.696 bits per heavy atom. The van der Waals surface area contributed by atoms with Crippen molar-refractivity contribution in [2.75, 3.05) is 5.73 Å². The first kappa shape index (κ1) is 13.8. The van der Waals surface area contributed by atoms with E-state index in [9.17, 15) is 5.11 Å². The van der Waals surface area contributed by atoms with Gasteiger partial charge in [-0.3, -0.25) is 0 Å². The number of nitrogen functional groups attached to an aromatic ring is 1. The number of fused-ring (bicyclic) bond motifs is 3. The van der Waals surface area contributed by atoms with Crippen molar-refractivity contribution >= 4 is 27.2 Å². The van der Waals surface area contributed by atoms with Gasteiger partial charge in [-0.15, -0.1) is 0 Å². The minimum atomic E-state index is -0.701. The van der Waals surface area contributed by atoms with Crippen molar-refractivity contribution < 1.29 is 5.11 Å². The molecule has 0 aromatic heterocycles. The Morgan fingerprint density at radius 2 is 1.39 bits per heavy atom. The molecule has 2 heteroatoms. The summed E-state index contributed by atoms with van der Waals surface area (Å²) in [6.07, 6.45) is -0.701. The maximum Gasteiger partial charge on any atom is 0.105 e. The van der Waals surface area contributed by atoms with Gasteiger partial charge in [-0.1, -0.05) is 60.7 Å². The van der Waals surface area contributed by atoms with Gasteiger partial charge in [0.1, 0.15) is 6.10 Å². The Kier molecular flexibility index (Phi) is 3.25. The van der Waals surface area contributed by atoms with Crippen molar-refractivity contribution in [2.24, 2.45) is 0 Å². The number of nitrogens with two attached hydrogens (primary N) is 1. The Bertz CT molecular complexity index is 1010. The van der Waals surface area contributed by atoms with E-state index in [1.54, 1.807) is 0 Å². The van der Waals surface area contributed by atoms with Crippen LogP contribution in [0.2, 0.25) is 0 Å². The average Bonchev–Trinajstić information content (AvgIpc) is 2.60. The minimum absolute atomic E-state index is 0.659. The van der Waals surface area contributed by atoms with Crippen molar-refractivity contribution in [3.05, 3.63) is 90.0 Å². The molecule has 0 bridgehead atoms. The Morgan fingerprint density at radius 3 is 2.17 bits per heavy atom. The highest BCUT2D eigenvalue weighted by Gasteiger charge is 2.15. The van der Waals surface area contributed by atoms with E-state index in [0.717, 1.165) is 27.3 Å². The normalized spacial score (nSPS) is 12.6. The van der Waals surface area contributed by atoms with E-state index in [1.165, 1.54) is 5.39 Å². The summed E-state index contributed by atoms with van der Waals surface area (Å²) < 4.78 is 0.